The first kappa shape index (κ1) is 29.4. The van der Waals surface area contributed by atoms with Gasteiger partial charge in [-0.1, -0.05) is 6.07 Å². The average Bonchev–Trinajstić information content (AvgIpc) is 3.37. The molecule has 0 bridgehead atoms. The fourth-order valence-corrected chi connectivity index (χ4v) is 4.95. The summed E-state index contributed by atoms with van der Waals surface area (Å²) in [4.78, 5) is 16.4. The number of carbonyl (C=O) groups excluding carboxylic acids is 1. The standard InChI is InChI=1S/C31H35FN2O5S/c1-7-37-28(35)16-23-12-19(2)20(3)13-27(23)39-18-21-14-22-9-11-38-30(22)25(15-21)24-8-10-33-26(29(24)32)17-34-40(36)31(4,5)6/h8-15,34H,7,16-18H2,1-6H3/t40-/m0/s1. The van der Waals surface area contributed by atoms with Crippen LogP contribution >= 0.6 is 0 Å². The van der Waals surface area contributed by atoms with Gasteiger partial charge in [-0.25, -0.2) is 13.3 Å². The summed E-state index contributed by atoms with van der Waals surface area (Å²) in [5, 5.41) is 0.799. The van der Waals surface area contributed by atoms with E-state index in [4.69, 9.17) is 13.9 Å². The first-order chi connectivity index (χ1) is 19.0. The second-order valence-electron chi connectivity index (χ2n) is 10.6. The molecule has 2 aromatic heterocycles. The normalized spacial score (nSPS) is 12.5. The number of fused-ring (bicyclic) bond motifs is 1. The molecular weight excluding hydrogens is 531 g/mol. The Hall–Kier alpha value is -3.56. The second-order valence-corrected chi connectivity index (χ2v) is 12.7. The first-order valence-corrected chi connectivity index (χ1v) is 14.3. The Bertz CT molecular complexity index is 1560. The average molecular weight is 567 g/mol. The molecule has 1 N–H and O–H groups in total. The van der Waals surface area contributed by atoms with Crippen molar-refractivity contribution in [3.05, 3.63) is 82.6 Å². The van der Waals surface area contributed by atoms with Gasteiger partial charge in [0, 0.05) is 28.3 Å². The Kier molecular flexibility index (Phi) is 9.05. The molecule has 212 valence electrons. The van der Waals surface area contributed by atoms with Gasteiger partial charge in [0.2, 0.25) is 0 Å². The summed E-state index contributed by atoms with van der Waals surface area (Å²) in [6.07, 6.45) is 3.20. The quantitative estimate of drug-likeness (QED) is 0.221. The zero-order chi connectivity index (χ0) is 29.0. The minimum absolute atomic E-state index is 0.0175. The monoisotopic (exact) mass is 566 g/mol. The van der Waals surface area contributed by atoms with E-state index in [0.29, 0.717) is 29.1 Å². The minimum atomic E-state index is -1.37. The van der Waals surface area contributed by atoms with Gasteiger partial charge < -0.3 is 13.9 Å². The fourth-order valence-electron chi connectivity index (χ4n) is 4.25. The molecule has 40 heavy (non-hydrogen) atoms. The number of hydrogen-bond acceptors (Lipinski definition) is 6. The predicted octanol–water partition coefficient (Wildman–Crippen LogP) is 6.49. The summed E-state index contributed by atoms with van der Waals surface area (Å²) in [6, 6.07) is 11.1. The van der Waals surface area contributed by atoms with Crippen LogP contribution in [0.4, 0.5) is 4.39 Å². The molecule has 7 nitrogen and oxygen atoms in total. The van der Waals surface area contributed by atoms with Gasteiger partial charge in [-0.2, -0.15) is 0 Å². The largest absolute Gasteiger partial charge is 0.489 e. The zero-order valence-electron chi connectivity index (χ0n) is 23.7. The molecule has 4 rings (SSSR count). The maximum absolute atomic E-state index is 15.7. The Labute approximate surface area is 236 Å². The highest BCUT2D eigenvalue weighted by Gasteiger charge is 2.21. The molecule has 0 fully saturated rings. The molecule has 0 amide bonds. The number of furan rings is 1. The van der Waals surface area contributed by atoms with Crippen LogP contribution in [0.1, 0.15) is 55.6 Å². The molecule has 1 atom stereocenters. The summed E-state index contributed by atoms with van der Waals surface area (Å²) < 4.78 is 47.6. The van der Waals surface area contributed by atoms with Crippen molar-refractivity contribution in [1.29, 1.82) is 0 Å². The number of aryl methyl sites for hydroxylation is 2. The molecule has 0 aliphatic carbocycles. The number of hydrogen-bond donors (Lipinski definition) is 1. The van der Waals surface area contributed by atoms with Crippen LogP contribution in [-0.4, -0.2) is 26.5 Å². The van der Waals surface area contributed by atoms with Gasteiger partial charge in [0.15, 0.2) is 5.82 Å². The first-order valence-electron chi connectivity index (χ1n) is 13.2. The Morgan fingerprint density at radius 3 is 2.58 bits per heavy atom. The number of halogens is 1. The van der Waals surface area contributed by atoms with E-state index in [9.17, 15) is 9.00 Å². The molecule has 0 aliphatic rings. The fraction of sp³-hybridized carbons (Fsp3) is 0.355. The molecule has 0 aliphatic heterocycles. The van der Waals surface area contributed by atoms with E-state index in [1.165, 1.54) is 6.20 Å². The van der Waals surface area contributed by atoms with E-state index in [-0.39, 0.29) is 31.2 Å². The number of aromatic nitrogens is 1. The molecule has 0 unspecified atom stereocenters. The number of carbonyl (C=O) groups is 1. The van der Waals surface area contributed by atoms with Gasteiger partial charge in [0.25, 0.3) is 0 Å². The summed E-state index contributed by atoms with van der Waals surface area (Å²) >= 11 is 0. The number of ether oxygens (including phenoxy) is 2. The zero-order valence-corrected chi connectivity index (χ0v) is 24.5. The van der Waals surface area contributed by atoms with Gasteiger partial charge >= 0.3 is 5.97 Å². The van der Waals surface area contributed by atoms with E-state index < -0.39 is 21.5 Å². The summed E-state index contributed by atoms with van der Waals surface area (Å²) in [5.74, 6) is -0.231. The Morgan fingerprint density at radius 1 is 1.10 bits per heavy atom. The van der Waals surface area contributed by atoms with Crippen LogP contribution in [0.15, 0.2) is 53.3 Å². The van der Waals surface area contributed by atoms with Crippen LogP contribution in [0, 0.1) is 19.7 Å². The number of benzene rings is 2. The third kappa shape index (κ3) is 6.77. The van der Waals surface area contributed by atoms with Gasteiger partial charge in [-0.3, -0.25) is 9.78 Å². The molecular formula is C31H35FN2O5S. The summed E-state index contributed by atoms with van der Waals surface area (Å²) in [6.45, 7) is 11.8. The number of nitrogens with zero attached hydrogens (tertiary/aromatic N) is 1. The highest BCUT2D eigenvalue weighted by atomic mass is 32.2. The molecule has 0 spiro atoms. The second kappa shape index (κ2) is 12.3. The minimum Gasteiger partial charge on any atom is -0.489 e. The van der Waals surface area contributed by atoms with Crippen molar-refractivity contribution >= 4 is 27.9 Å². The lowest BCUT2D eigenvalue weighted by Crippen LogP contribution is -2.33. The lowest BCUT2D eigenvalue weighted by Gasteiger charge is -2.18. The summed E-state index contributed by atoms with van der Waals surface area (Å²) in [7, 11) is -1.37. The number of nitrogens with one attached hydrogen (secondary N) is 1. The predicted molar refractivity (Wildman–Crippen MR) is 155 cm³/mol. The number of pyridine rings is 1. The van der Waals surface area contributed by atoms with Crippen LogP contribution in [-0.2, 0) is 40.1 Å². The third-order valence-electron chi connectivity index (χ3n) is 6.50. The Morgan fingerprint density at radius 2 is 1.85 bits per heavy atom. The van der Waals surface area contributed by atoms with Crippen LogP contribution in [0.3, 0.4) is 0 Å². The van der Waals surface area contributed by atoms with Crippen molar-refractivity contribution in [1.82, 2.24) is 9.71 Å². The lowest BCUT2D eigenvalue weighted by atomic mass is 10.00. The highest BCUT2D eigenvalue weighted by Crippen LogP contribution is 2.34. The van der Waals surface area contributed by atoms with E-state index in [2.05, 4.69) is 9.71 Å². The maximum Gasteiger partial charge on any atom is 0.310 e. The van der Waals surface area contributed by atoms with Gasteiger partial charge in [-0.15, -0.1) is 0 Å². The molecule has 0 radical (unpaired) electrons. The van der Waals surface area contributed by atoms with E-state index >= 15 is 4.39 Å². The van der Waals surface area contributed by atoms with Crippen molar-refractivity contribution in [2.45, 2.75) is 65.9 Å². The van der Waals surface area contributed by atoms with E-state index in [1.54, 1.807) is 19.3 Å². The van der Waals surface area contributed by atoms with Crippen LogP contribution in [0.25, 0.3) is 22.1 Å². The molecule has 0 saturated carbocycles. The van der Waals surface area contributed by atoms with Crippen molar-refractivity contribution in [2.75, 3.05) is 6.61 Å². The molecule has 4 aromatic rings. The van der Waals surface area contributed by atoms with Crippen molar-refractivity contribution in [3.63, 3.8) is 0 Å². The van der Waals surface area contributed by atoms with Gasteiger partial charge in [0.05, 0.1) is 47.3 Å². The smallest absolute Gasteiger partial charge is 0.310 e. The van der Waals surface area contributed by atoms with Crippen LogP contribution in [0.2, 0.25) is 0 Å². The lowest BCUT2D eigenvalue weighted by molar-refractivity contribution is -0.142. The van der Waals surface area contributed by atoms with Gasteiger partial charge in [-0.05, 0) is 88.6 Å². The van der Waals surface area contributed by atoms with Crippen LogP contribution in [0.5, 0.6) is 5.75 Å². The van der Waals surface area contributed by atoms with E-state index in [0.717, 1.165) is 27.6 Å². The summed E-state index contributed by atoms with van der Waals surface area (Å²) in [5.41, 5.74) is 5.23. The topological polar surface area (TPSA) is 90.7 Å². The molecule has 2 aromatic carbocycles. The number of esters is 1. The van der Waals surface area contributed by atoms with Crippen molar-refractivity contribution < 1.29 is 27.3 Å². The van der Waals surface area contributed by atoms with Crippen LogP contribution < -0.4 is 9.46 Å². The van der Waals surface area contributed by atoms with E-state index in [1.807, 2.05) is 65.0 Å². The molecule has 9 heteroatoms. The molecule has 2 heterocycles. The van der Waals surface area contributed by atoms with Gasteiger partial charge in [0.1, 0.15) is 17.9 Å². The SMILES string of the molecule is CCOC(=O)Cc1cc(C)c(C)cc1OCc1cc(-c2ccnc(CN[S@@](=O)C(C)(C)C)c2F)c2occc2c1. The molecule has 0 saturated heterocycles. The van der Waals surface area contributed by atoms with Crippen molar-refractivity contribution in [2.24, 2.45) is 0 Å². The third-order valence-corrected chi connectivity index (χ3v) is 8.02. The maximum atomic E-state index is 15.7. The number of rotatable bonds is 10. The Balaban J connectivity index is 1.64. The van der Waals surface area contributed by atoms with Crippen molar-refractivity contribution in [3.8, 4) is 16.9 Å². The highest BCUT2D eigenvalue weighted by molar-refractivity contribution is 7.84.